The van der Waals surface area contributed by atoms with Gasteiger partial charge in [-0.2, -0.15) is 5.10 Å². The molecule has 0 unspecified atom stereocenters. The van der Waals surface area contributed by atoms with Crippen molar-refractivity contribution in [2.24, 2.45) is 0 Å². The van der Waals surface area contributed by atoms with Gasteiger partial charge in [0.05, 0.1) is 0 Å². The summed E-state index contributed by atoms with van der Waals surface area (Å²) in [7, 11) is 0. The Hall–Kier alpha value is -2.71. The standard InChI is InChI=1S/C27H39N5O3/c1-23(33)32-19-7-15-29(25-11-20-35-21-12-25)14-6-16-30(22-24-8-2-3-9-26(24)32)27(34)10-4-17-31-18-5-13-28-31/h2-3,5,8-9,13,18,25H,4,6-7,10-12,14-17,19-22H2,1H3. The first-order chi connectivity index (χ1) is 17.1. The molecule has 190 valence electrons. The maximum absolute atomic E-state index is 13.3. The van der Waals surface area contributed by atoms with Crippen molar-refractivity contribution in [1.29, 1.82) is 0 Å². The molecular weight excluding hydrogens is 442 g/mol. The second-order valence-corrected chi connectivity index (χ2v) is 9.57. The van der Waals surface area contributed by atoms with Gasteiger partial charge in [-0.25, -0.2) is 0 Å². The van der Waals surface area contributed by atoms with E-state index in [0.717, 1.165) is 76.2 Å². The van der Waals surface area contributed by atoms with Gasteiger partial charge in [0.1, 0.15) is 0 Å². The Morgan fingerprint density at radius 2 is 1.80 bits per heavy atom. The summed E-state index contributed by atoms with van der Waals surface area (Å²) in [6.07, 6.45) is 8.92. The molecule has 2 amide bonds. The number of amides is 2. The number of hydrogen-bond donors (Lipinski definition) is 0. The van der Waals surface area contributed by atoms with Crippen LogP contribution in [0.25, 0.3) is 0 Å². The van der Waals surface area contributed by atoms with Gasteiger partial charge in [0.2, 0.25) is 11.8 Å². The third-order valence-electron chi connectivity index (χ3n) is 7.12. The number of benzene rings is 1. The van der Waals surface area contributed by atoms with Crippen LogP contribution in [-0.2, 0) is 27.4 Å². The second-order valence-electron chi connectivity index (χ2n) is 9.57. The number of aryl methyl sites for hydroxylation is 1. The van der Waals surface area contributed by atoms with Crippen LogP contribution >= 0.6 is 0 Å². The molecule has 0 spiro atoms. The van der Waals surface area contributed by atoms with E-state index in [4.69, 9.17) is 4.74 Å². The summed E-state index contributed by atoms with van der Waals surface area (Å²) in [6.45, 7) is 7.84. The molecular formula is C27H39N5O3. The van der Waals surface area contributed by atoms with E-state index in [1.54, 1.807) is 13.1 Å². The molecule has 2 aliphatic heterocycles. The largest absolute Gasteiger partial charge is 0.381 e. The van der Waals surface area contributed by atoms with Crippen LogP contribution in [0.1, 0.15) is 51.0 Å². The Morgan fingerprint density at radius 3 is 2.54 bits per heavy atom. The van der Waals surface area contributed by atoms with Crippen molar-refractivity contribution < 1.29 is 14.3 Å². The molecule has 8 heteroatoms. The molecule has 1 fully saturated rings. The van der Waals surface area contributed by atoms with Crippen molar-refractivity contribution in [1.82, 2.24) is 19.6 Å². The maximum atomic E-state index is 13.3. The van der Waals surface area contributed by atoms with Gasteiger partial charge in [0.25, 0.3) is 0 Å². The van der Waals surface area contributed by atoms with Crippen LogP contribution in [0.15, 0.2) is 42.7 Å². The number of para-hydroxylation sites is 1. The Morgan fingerprint density at radius 1 is 1.03 bits per heavy atom. The van der Waals surface area contributed by atoms with Crippen molar-refractivity contribution in [3.05, 3.63) is 48.3 Å². The molecule has 2 aliphatic rings. The number of carbonyl (C=O) groups excluding carboxylic acids is 2. The summed E-state index contributed by atoms with van der Waals surface area (Å²) >= 11 is 0. The third-order valence-corrected chi connectivity index (χ3v) is 7.12. The fourth-order valence-corrected chi connectivity index (χ4v) is 5.26. The number of nitrogens with zero attached hydrogens (tertiary/aromatic N) is 5. The summed E-state index contributed by atoms with van der Waals surface area (Å²) in [5.41, 5.74) is 1.96. The van der Waals surface area contributed by atoms with Gasteiger partial charge in [-0.15, -0.1) is 0 Å². The molecule has 0 aliphatic carbocycles. The van der Waals surface area contributed by atoms with E-state index >= 15 is 0 Å². The topological polar surface area (TPSA) is 70.9 Å². The number of fused-ring (bicyclic) bond motifs is 1. The molecule has 0 N–H and O–H groups in total. The van der Waals surface area contributed by atoms with Crippen LogP contribution < -0.4 is 4.90 Å². The number of hydrogen-bond acceptors (Lipinski definition) is 5. The SMILES string of the molecule is CC(=O)N1CCCN(C2CCOCC2)CCCN(C(=O)CCCn2cccn2)Cc2ccccc21. The molecule has 0 radical (unpaired) electrons. The Kier molecular flexibility index (Phi) is 9.31. The lowest BCUT2D eigenvalue weighted by molar-refractivity contribution is -0.132. The predicted molar refractivity (Wildman–Crippen MR) is 136 cm³/mol. The zero-order chi connectivity index (χ0) is 24.5. The highest BCUT2D eigenvalue weighted by atomic mass is 16.5. The summed E-state index contributed by atoms with van der Waals surface area (Å²) in [4.78, 5) is 32.4. The van der Waals surface area contributed by atoms with Crippen LogP contribution in [0, 0.1) is 0 Å². The van der Waals surface area contributed by atoms with Gasteiger partial charge >= 0.3 is 0 Å². The average molecular weight is 482 g/mol. The lowest BCUT2D eigenvalue weighted by Crippen LogP contribution is -2.43. The fourth-order valence-electron chi connectivity index (χ4n) is 5.26. The first-order valence-electron chi connectivity index (χ1n) is 13.0. The van der Waals surface area contributed by atoms with Crippen molar-refractivity contribution in [2.75, 3.05) is 44.3 Å². The molecule has 0 atom stereocenters. The molecule has 3 heterocycles. The van der Waals surface area contributed by atoms with Gasteiger partial charge in [-0.1, -0.05) is 18.2 Å². The first-order valence-corrected chi connectivity index (χ1v) is 13.0. The summed E-state index contributed by atoms with van der Waals surface area (Å²) in [5.74, 6) is 0.209. The maximum Gasteiger partial charge on any atom is 0.223 e. The minimum atomic E-state index is 0.0456. The summed E-state index contributed by atoms with van der Waals surface area (Å²) in [6, 6.07) is 10.5. The van der Waals surface area contributed by atoms with Gasteiger partial charge in [0.15, 0.2) is 0 Å². The average Bonchev–Trinajstić information content (AvgIpc) is 3.38. The van der Waals surface area contributed by atoms with Crippen LogP contribution in [0.4, 0.5) is 5.69 Å². The normalized spacial score (nSPS) is 19.0. The zero-order valence-electron chi connectivity index (χ0n) is 21.0. The molecule has 1 aromatic carbocycles. The van der Waals surface area contributed by atoms with Crippen LogP contribution in [0.2, 0.25) is 0 Å². The lowest BCUT2D eigenvalue weighted by atomic mass is 10.1. The van der Waals surface area contributed by atoms with E-state index in [2.05, 4.69) is 16.1 Å². The fraction of sp³-hybridized carbons (Fsp3) is 0.593. The summed E-state index contributed by atoms with van der Waals surface area (Å²) < 4.78 is 7.46. The van der Waals surface area contributed by atoms with Gasteiger partial charge in [-0.05, 0) is 49.8 Å². The number of ether oxygens (including phenoxy) is 1. The highest BCUT2D eigenvalue weighted by Gasteiger charge is 2.24. The molecule has 0 bridgehead atoms. The van der Waals surface area contributed by atoms with E-state index in [-0.39, 0.29) is 11.8 Å². The van der Waals surface area contributed by atoms with E-state index in [0.29, 0.717) is 32.1 Å². The van der Waals surface area contributed by atoms with Gasteiger partial charge in [0, 0.05) is 89.9 Å². The van der Waals surface area contributed by atoms with E-state index in [1.165, 1.54) is 0 Å². The van der Waals surface area contributed by atoms with Gasteiger partial charge in [-0.3, -0.25) is 14.3 Å². The Balaban J connectivity index is 1.51. The second kappa shape index (κ2) is 12.8. The molecule has 8 nitrogen and oxygen atoms in total. The number of anilines is 1. The lowest BCUT2D eigenvalue weighted by Gasteiger charge is -2.36. The van der Waals surface area contributed by atoms with Crippen molar-refractivity contribution >= 4 is 17.5 Å². The van der Waals surface area contributed by atoms with E-state index in [9.17, 15) is 9.59 Å². The number of carbonyl (C=O) groups is 2. The molecule has 35 heavy (non-hydrogen) atoms. The van der Waals surface area contributed by atoms with Crippen LogP contribution in [0.3, 0.4) is 0 Å². The van der Waals surface area contributed by atoms with Crippen molar-refractivity contribution in [3.8, 4) is 0 Å². The van der Waals surface area contributed by atoms with E-state index in [1.807, 2.05) is 44.9 Å². The number of rotatable bonds is 5. The van der Waals surface area contributed by atoms with Crippen molar-refractivity contribution in [2.45, 2.75) is 64.6 Å². The Labute approximate surface area is 208 Å². The minimum Gasteiger partial charge on any atom is -0.381 e. The van der Waals surface area contributed by atoms with Crippen molar-refractivity contribution in [3.63, 3.8) is 0 Å². The van der Waals surface area contributed by atoms with E-state index < -0.39 is 0 Å². The van der Waals surface area contributed by atoms with Gasteiger partial charge < -0.3 is 19.4 Å². The summed E-state index contributed by atoms with van der Waals surface area (Å²) in [5, 5.41) is 4.24. The molecule has 2 aromatic rings. The Bertz CT molecular complexity index is 942. The quantitative estimate of drug-likeness (QED) is 0.655. The molecule has 1 saturated heterocycles. The highest BCUT2D eigenvalue weighted by molar-refractivity contribution is 5.92. The molecule has 4 rings (SSSR count). The zero-order valence-corrected chi connectivity index (χ0v) is 21.0. The smallest absolute Gasteiger partial charge is 0.223 e. The molecule has 0 saturated carbocycles. The number of aromatic nitrogens is 2. The third kappa shape index (κ3) is 7.15. The van der Waals surface area contributed by atoms with Crippen LogP contribution in [-0.4, -0.2) is 76.8 Å². The highest BCUT2D eigenvalue weighted by Crippen LogP contribution is 2.25. The predicted octanol–water partition coefficient (Wildman–Crippen LogP) is 3.32. The minimum absolute atomic E-state index is 0.0456. The molecule has 1 aromatic heterocycles. The monoisotopic (exact) mass is 481 g/mol. The first kappa shape index (κ1) is 25.4. The van der Waals surface area contributed by atoms with Crippen LogP contribution in [0.5, 0.6) is 0 Å².